The Labute approximate surface area is 202 Å². The largest absolute Gasteiger partial charge is 0.417 e. The maximum absolute atomic E-state index is 14.0. The Morgan fingerprint density at radius 1 is 1.03 bits per heavy atom. The van der Waals surface area contributed by atoms with Crippen LogP contribution in [0.4, 0.5) is 17.6 Å². The standard InChI is InChI=1S/C27H28F4N4/c1-2-23-19-13-12-18(28)14-21(19)26(33-23)32-16-35-25(17-8-4-3-5-9-17)15-24(34-35)20-10-6-7-11-22(20)27(29,30)31/h6-7,10-15,17,23H,2-5,8-9,16H2,1H3,(H,32,33). The van der Waals surface area contributed by atoms with Crippen molar-refractivity contribution in [2.45, 2.75) is 70.3 Å². The summed E-state index contributed by atoms with van der Waals surface area (Å²) in [6.07, 6.45) is 1.66. The van der Waals surface area contributed by atoms with E-state index in [2.05, 4.69) is 10.4 Å². The van der Waals surface area contributed by atoms with Crippen molar-refractivity contribution in [2.75, 3.05) is 0 Å². The molecule has 1 unspecified atom stereocenters. The number of hydrogen-bond donors (Lipinski definition) is 1. The number of nitrogens with zero attached hydrogens (tertiary/aromatic N) is 3. The molecule has 1 aliphatic heterocycles. The molecule has 0 amide bonds. The highest BCUT2D eigenvalue weighted by Gasteiger charge is 2.34. The zero-order valence-electron chi connectivity index (χ0n) is 19.6. The van der Waals surface area contributed by atoms with E-state index < -0.39 is 11.7 Å². The van der Waals surface area contributed by atoms with E-state index in [1.165, 1.54) is 30.7 Å². The van der Waals surface area contributed by atoms with Crippen molar-refractivity contribution in [3.63, 3.8) is 0 Å². The van der Waals surface area contributed by atoms with Crippen LogP contribution < -0.4 is 5.32 Å². The van der Waals surface area contributed by atoms with Crippen LogP contribution in [0, 0.1) is 5.82 Å². The third-order valence-electron chi connectivity index (χ3n) is 7.07. The molecular weight excluding hydrogens is 456 g/mol. The van der Waals surface area contributed by atoms with E-state index in [1.54, 1.807) is 22.9 Å². The van der Waals surface area contributed by atoms with E-state index in [-0.39, 0.29) is 30.0 Å². The molecule has 1 fully saturated rings. The summed E-state index contributed by atoms with van der Waals surface area (Å²) in [6.45, 7) is 2.20. The maximum atomic E-state index is 14.0. The van der Waals surface area contributed by atoms with Gasteiger partial charge in [0.2, 0.25) is 0 Å². The summed E-state index contributed by atoms with van der Waals surface area (Å²) in [4.78, 5) is 4.72. The summed E-state index contributed by atoms with van der Waals surface area (Å²) in [6, 6.07) is 12.1. The molecule has 0 spiro atoms. The van der Waals surface area contributed by atoms with Gasteiger partial charge in [-0.25, -0.2) is 14.1 Å². The van der Waals surface area contributed by atoms with Crippen molar-refractivity contribution in [1.82, 2.24) is 15.1 Å². The van der Waals surface area contributed by atoms with Gasteiger partial charge in [0, 0.05) is 22.7 Å². The number of fused-ring (bicyclic) bond motifs is 1. The molecule has 1 aromatic heterocycles. The van der Waals surface area contributed by atoms with Crippen LogP contribution in [0.3, 0.4) is 0 Å². The second-order valence-corrected chi connectivity index (χ2v) is 9.32. The zero-order valence-corrected chi connectivity index (χ0v) is 19.6. The molecular formula is C27H28F4N4. The average molecular weight is 485 g/mol. The van der Waals surface area contributed by atoms with Crippen LogP contribution in [0.5, 0.6) is 0 Å². The second-order valence-electron chi connectivity index (χ2n) is 9.32. The Kier molecular flexibility index (Phi) is 6.38. The first-order chi connectivity index (χ1) is 16.8. The topological polar surface area (TPSA) is 42.2 Å². The smallest absolute Gasteiger partial charge is 0.363 e. The molecule has 0 radical (unpaired) electrons. The van der Waals surface area contributed by atoms with Crippen LogP contribution >= 0.6 is 0 Å². The number of halogens is 4. The predicted octanol–water partition coefficient (Wildman–Crippen LogP) is 7.21. The van der Waals surface area contributed by atoms with Gasteiger partial charge in [0.15, 0.2) is 0 Å². The highest BCUT2D eigenvalue weighted by Crippen LogP contribution is 2.39. The number of alkyl halides is 3. The van der Waals surface area contributed by atoms with Crippen LogP contribution in [-0.4, -0.2) is 15.6 Å². The fourth-order valence-electron chi connectivity index (χ4n) is 5.31. The van der Waals surface area contributed by atoms with Gasteiger partial charge >= 0.3 is 6.18 Å². The lowest BCUT2D eigenvalue weighted by atomic mass is 9.86. The van der Waals surface area contributed by atoms with E-state index in [9.17, 15) is 17.6 Å². The number of aromatic nitrogens is 2. The number of nitrogens with one attached hydrogen (secondary N) is 1. The molecule has 1 saturated carbocycles. The van der Waals surface area contributed by atoms with Gasteiger partial charge in [0.25, 0.3) is 0 Å². The van der Waals surface area contributed by atoms with Gasteiger partial charge in [-0.1, -0.05) is 50.5 Å². The Morgan fingerprint density at radius 2 is 1.80 bits per heavy atom. The van der Waals surface area contributed by atoms with Crippen molar-refractivity contribution in [3.8, 4) is 11.3 Å². The molecule has 35 heavy (non-hydrogen) atoms. The molecule has 1 atom stereocenters. The molecule has 8 heteroatoms. The van der Waals surface area contributed by atoms with Gasteiger partial charge < -0.3 is 5.32 Å². The molecule has 1 aliphatic carbocycles. The van der Waals surface area contributed by atoms with Crippen LogP contribution in [0.25, 0.3) is 11.3 Å². The lowest BCUT2D eigenvalue weighted by Crippen LogP contribution is -2.21. The van der Waals surface area contributed by atoms with Gasteiger partial charge in [0.05, 0.1) is 17.3 Å². The molecule has 5 rings (SSSR count). The van der Waals surface area contributed by atoms with Crippen molar-refractivity contribution in [3.05, 3.63) is 76.7 Å². The third kappa shape index (κ3) is 4.70. The molecule has 3 aromatic rings. The normalized spacial score (nSPS) is 19.7. The van der Waals surface area contributed by atoms with Crippen LogP contribution in [-0.2, 0) is 12.8 Å². The van der Waals surface area contributed by atoms with Gasteiger partial charge in [-0.05, 0) is 49.1 Å². The lowest BCUT2D eigenvalue weighted by Gasteiger charge is -2.22. The van der Waals surface area contributed by atoms with Crippen molar-refractivity contribution >= 4 is 5.84 Å². The summed E-state index contributed by atoms with van der Waals surface area (Å²) in [5.74, 6) is 0.490. The minimum Gasteiger partial charge on any atom is -0.363 e. The average Bonchev–Trinajstić information content (AvgIpc) is 3.44. The van der Waals surface area contributed by atoms with E-state index in [4.69, 9.17) is 4.99 Å². The molecule has 1 N–H and O–H groups in total. The summed E-state index contributed by atoms with van der Waals surface area (Å²) in [5.41, 5.74) is 2.31. The molecule has 4 nitrogen and oxygen atoms in total. The van der Waals surface area contributed by atoms with E-state index in [0.29, 0.717) is 11.5 Å². The SMILES string of the molecule is CCC1NC(=NCn2nc(-c3ccccc3C(F)(F)F)cc2C2CCCCC2)c2cc(F)ccc21. The Hall–Kier alpha value is -3.16. The molecule has 2 aliphatic rings. The first kappa shape index (κ1) is 23.6. The Bertz CT molecular complexity index is 1240. The van der Waals surface area contributed by atoms with E-state index in [1.807, 2.05) is 6.92 Å². The molecule has 2 heterocycles. The lowest BCUT2D eigenvalue weighted by molar-refractivity contribution is -0.137. The number of hydrogen-bond acceptors (Lipinski definition) is 2. The zero-order chi connectivity index (χ0) is 24.6. The van der Waals surface area contributed by atoms with Gasteiger partial charge in [-0.15, -0.1) is 0 Å². The first-order valence-electron chi connectivity index (χ1n) is 12.2. The van der Waals surface area contributed by atoms with Crippen molar-refractivity contribution in [1.29, 1.82) is 0 Å². The minimum absolute atomic E-state index is 0.0500. The minimum atomic E-state index is -4.47. The number of benzene rings is 2. The van der Waals surface area contributed by atoms with Crippen molar-refractivity contribution < 1.29 is 17.6 Å². The number of aliphatic imine (C=N–C) groups is 1. The van der Waals surface area contributed by atoms with Crippen LogP contribution in [0.15, 0.2) is 53.5 Å². The second kappa shape index (κ2) is 9.47. The fraction of sp³-hybridized carbons (Fsp3) is 0.407. The maximum Gasteiger partial charge on any atom is 0.417 e. The van der Waals surface area contributed by atoms with Crippen molar-refractivity contribution in [2.24, 2.45) is 4.99 Å². The molecule has 184 valence electrons. The predicted molar refractivity (Wildman–Crippen MR) is 128 cm³/mol. The first-order valence-corrected chi connectivity index (χ1v) is 12.2. The molecule has 0 saturated heterocycles. The molecule has 0 bridgehead atoms. The number of rotatable bonds is 5. The summed E-state index contributed by atoms with van der Waals surface area (Å²) in [5, 5.41) is 7.97. The van der Waals surface area contributed by atoms with E-state index >= 15 is 0 Å². The highest BCUT2D eigenvalue weighted by atomic mass is 19.4. The van der Waals surface area contributed by atoms with Gasteiger partial charge in [0.1, 0.15) is 18.3 Å². The van der Waals surface area contributed by atoms with Gasteiger partial charge in [-0.3, -0.25) is 0 Å². The number of amidine groups is 1. The monoisotopic (exact) mass is 484 g/mol. The fourth-order valence-corrected chi connectivity index (χ4v) is 5.31. The summed E-state index contributed by atoms with van der Waals surface area (Å²) in [7, 11) is 0. The quantitative estimate of drug-likeness (QED) is 0.389. The summed E-state index contributed by atoms with van der Waals surface area (Å²) < 4.78 is 56.8. The molecule has 2 aromatic carbocycles. The Balaban J connectivity index is 1.53. The van der Waals surface area contributed by atoms with Crippen LogP contribution in [0.2, 0.25) is 0 Å². The third-order valence-corrected chi connectivity index (χ3v) is 7.07. The Morgan fingerprint density at radius 3 is 2.54 bits per heavy atom. The van der Waals surface area contributed by atoms with Gasteiger partial charge in [-0.2, -0.15) is 18.3 Å². The van der Waals surface area contributed by atoms with E-state index in [0.717, 1.165) is 55.0 Å². The van der Waals surface area contributed by atoms with Crippen LogP contribution in [0.1, 0.15) is 79.8 Å². The summed E-state index contributed by atoms with van der Waals surface area (Å²) >= 11 is 0. The highest BCUT2D eigenvalue weighted by molar-refractivity contribution is 6.03.